The van der Waals surface area contributed by atoms with Crippen molar-refractivity contribution in [3.8, 4) is 0 Å². The van der Waals surface area contributed by atoms with E-state index in [0.717, 1.165) is 63.5 Å². The molecule has 4 nitrogen and oxygen atoms in total. The fourth-order valence-corrected chi connectivity index (χ4v) is 7.62. The first kappa shape index (κ1) is 36.8. The zero-order valence-corrected chi connectivity index (χ0v) is 27.4. The summed E-state index contributed by atoms with van der Waals surface area (Å²) in [6.45, 7) is 11.5. The van der Waals surface area contributed by atoms with Crippen LogP contribution < -0.4 is 0 Å². The number of carbonyl (C=O) groups is 1. The first-order valence-electron chi connectivity index (χ1n) is 16.8. The molecule has 0 amide bonds. The van der Waals surface area contributed by atoms with Gasteiger partial charge in [-0.2, -0.15) is 11.8 Å². The van der Waals surface area contributed by atoms with Crippen LogP contribution >= 0.6 is 11.8 Å². The number of ether oxygens (including phenoxy) is 1. The Morgan fingerprint density at radius 2 is 1.36 bits per heavy atom. The molecule has 1 rings (SSSR count). The highest BCUT2D eigenvalue weighted by atomic mass is 32.2. The van der Waals surface area contributed by atoms with Crippen molar-refractivity contribution in [3.05, 3.63) is 0 Å². The maximum absolute atomic E-state index is 12.0. The van der Waals surface area contributed by atoms with E-state index in [2.05, 4.69) is 27.7 Å². The van der Waals surface area contributed by atoms with Crippen LogP contribution in [0.2, 0.25) is 0 Å². The first-order chi connectivity index (χ1) is 18.6. The Hall–Kier alpha value is -0.260. The van der Waals surface area contributed by atoms with Crippen molar-refractivity contribution < 1.29 is 19.7 Å². The predicted octanol–water partition coefficient (Wildman–Crippen LogP) is 9.63. The lowest BCUT2D eigenvalue weighted by Gasteiger charge is -2.41. The molecule has 0 radical (unpaired) electrons. The van der Waals surface area contributed by atoms with Crippen LogP contribution in [0.15, 0.2) is 0 Å². The molecule has 0 aliphatic heterocycles. The topological polar surface area (TPSA) is 66.8 Å². The van der Waals surface area contributed by atoms with Crippen LogP contribution in [0.5, 0.6) is 0 Å². The molecule has 5 heteroatoms. The summed E-state index contributed by atoms with van der Waals surface area (Å²) in [6, 6.07) is 0. The van der Waals surface area contributed by atoms with Gasteiger partial charge in [0.25, 0.3) is 0 Å². The van der Waals surface area contributed by atoms with Crippen molar-refractivity contribution in [2.24, 2.45) is 11.3 Å². The molecule has 4 unspecified atom stereocenters. The van der Waals surface area contributed by atoms with Crippen LogP contribution in [-0.4, -0.2) is 45.5 Å². The van der Waals surface area contributed by atoms with Gasteiger partial charge in [-0.3, -0.25) is 4.79 Å². The molecule has 0 spiro atoms. The second kappa shape index (κ2) is 21.4. The van der Waals surface area contributed by atoms with E-state index in [1.165, 1.54) is 70.6 Å². The highest BCUT2D eigenvalue weighted by Gasteiger charge is 2.41. The van der Waals surface area contributed by atoms with Gasteiger partial charge in [-0.25, -0.2) is 0 Å². The normalized spacial score (nSPS) is 21.3. The van der Waals surface area contributed by atoms with Gasteiger partial charge in [0.05, 0.1) is 18.3 Å². The van der Waals surface area contributed by atoms with Gasteiger partial charge in [0.15, 0.2) is 0 Å². The summed E-state index contributed by atoms with van der Waals surface area (Å²) in [6.07, 6.45) is 23.5. The van der Waals surface area contributed by atoms with E-state index in [0.29, 0.717) is 24.2 Å². The first-order valence-corrected chi connectivity index (χ1v) is 17.9. The Balaban J connectivity index is 2.17. The van der Waals surface area contributed by atoms with E-state index in [-0.39, 0.29) is 17.5 Å². The molecule has 0 aromatic heterocycles. The Morgan fingerprint density at radius 1 is 0.795 bits per heavy atom. The average Bonchev–Trinajstić information content (AvgIpc) is 3.25. The maximum atomic E-state index is 12.0. The molecule has 1 aliphatic rings. The van der Waals surface area contributed by atoms with Gasteiger partial charge in [0.2, 0.25) is 0 Å². The third kappa shape index (κ3) is 16.1. The number of aliphatic hydroxyl groups is 2. The van der Waals surface area contributed by atoms with Crippen molar-refractivity contribution in [1.29, 1.82) is 0 Å². The number of thioether (sulfide) groups is 1. The van der Waals surface area contributed by atoms with Crippen LogP contribution in [0.4, 0.5) is 0 Å². The number of esters is 1. The molecular formula is C34H66O4S. The molecule has 0 bridgehead atoms. The second-order valence-electron chi connectivity index (χ2n) is 13.3. The summed E-state index contributed by atoms with van der Waals surface area (Å²) in [5.74, 6) is 1.03. The highest BCUT2D eigenvalue weighted by Crippen LogP contribution is 2.43. The molecule has 39 heavy (non-hydrogen) atoms. The summed E-state index contributed by atoms with van der Waals surface area (Å²) >= 11 is 1.89. The maximum Gasteiger partial charge on any atom is 0.305 e. The largest absolute Gasteiger partial charge is 0.466 e. The third-order valence-electron chi connectivity index (χ3n) is 9.34. The Bertz CT molecular complexity index is 606. The molecule has 0 heterocycles. The van der Waals surface area contributed by atoms with Crippen molar-refractivity contribution in [2.75, 3.05) is 12.4 Å². The van der Waals surface area contributed by atoms with Gasteiger partial charge in [-0.15, -0.1) is 0 Å². The van der Waals surface area contributed by atoms with E-state index >= 15 is 0 Å². The lowest BCUT2D eigenvalue weighted by atomic mass is 9.73. The molecule has 1 aliphatic carbocycles. The zero-order valence-electron chi connectivity index (χ0n) is 26.6. The standard InChI is InChI=1S/C34H66O4S/c1-6-8-10-12-13-14-17-21-27-38-32(36)23-19-16-15-18-22-29-30(35)24-25-31(29)39-28-34(5,37)33(3,4)26-20-11-9-7-2/h29-31,35,37H,6-28H2,1-5H3. The third-order valence-corrected chi connectivity index (χ3v) is 11.1. The molecule has 4 atom stereocenters. The zero-order chi connectivity index (χ0) is 29.0. The minimum absolute atomic E-state index is 0.0408. The van der Waals surface area contributed by atoms with Crippen molar-refractivity contribution >= 4 is 17.7 Å². The smallest absolute Gasteiger partial charge is 0.305 e. The highest BCUT2D eigenvalue weighted by molar-refractivity contribution is 8.00. The predicted molar refractivity (Wildman–Crippen MR) is 169 cm³/mol. The Labute approximate surface area is 247 Å². The summed E-state index contributed by atoms with van der Waals surface area (Å²) in [4.78, 5) is 12.0. The molecule has 2 N–H and O–H groups in total. The van der Waals surface area contributed by atoms with E-state index < -0.39 is 5.60 Å². The van der Waals surface area contributed by atoms with Crippen LogP contribution in [0.3, 0.4) is 0 Å². The van der Waals surface area contributed by atoms with Crippen LogP contribution in [0, 0.1) is 11.3 Å². The van der Waals surface area contributed by atoms with E-state index in [9.17, 15) is 15.0 Å². The lowest BCUT2D eigenvalue weighted by Crippen LogP contribution is -2.44. The number of hydrogen-bond donors (Lipinski definition) is 2. The van der Waals surface area contributed by atoms with Crippen LogP contribution in [-0.2, 0) is 9.53 Å². The molecular weight excluding hydrogens is 504 g/mol. The van der Waals surface area contributed by atoms with Gasteiger partial charge in [0, 0.05) is 17.4 Å². The van der Waals surface area contributed by atoms with E-state index in [1.807, 2.05) is 18.7 Å². The number of hydrogen-bond acceptors (Lipinski definition) is 5. The average molecular weight is 571 g/mol. The number of unbranched alkanes of at least 4 members (excludes halogenated alkanes) is 13. The summed E-state index contributed by atoms with van der Waals surface area (Å²) in [5.41, 5.74) is -0.805. The van der Waals surface area contributed by atoms with Crippen LogP contribution in [0.25, 0.3) is 0 Å². The minimum atomic E-state index is -0.704. The van der Waals surface area contributed by atoms with Gasteiger partial charge in [-0.05, 0) is 56.8 Å². The molecule has 1 saturated carbocycles. The van der Waals surface area contributed by atoms with Gasteiger partial charge < -0.3 is 14.9 Å². The Morgan fingerprint density at radius 3 is 2.03 bits per heavy atom. The van der Waals surface area contributed by atoms with Gasteiger partial charge >= 0.3 is 5.97 Å². The van der Waals surface area contributed by atoms with Crippen molar-refractivity contribution in [1.82, 2.24) is 0 Å². The van der Waals surface area contributed by atoms with Crippen molar-refractivity contribution in [3.63, 3.8) is 0 Å². The quantitative estimate of drug-likeness (QED) is 0.0845. The second-order valence-corrected chi connectivity index (χ2v) is 14.5. The summed E-state index contributed by atoms with van der Waals surface area (Å²) < 4.78 is 5.42. The monoisotopic (exact) mass is 570 g/mol. The SMILES string of the molecule is CCCCCCCCCCOC(=O)CCCCCCC1C(O)CCC1SCC(C)(O)C(C)(C)CCCCCC. The molecule has 232 valence electrons. The number of rotatable bonds is 25. The Kier molecular flexibility index (Phi) is 20.2. The van der Waals surface area contributed by atoms with Gasteiger partial charge in [0.1, 0.15) is 0 Å². The van der Waals surface area contributed by atoms with Gasteiger partial charge in [-0.1, -0.05) is 118 Å². The number of aliphatic hydroxyl groups excluding tert-OH is 1. The molecule has 1 fully saturated rings. The fraction of sp³-hybridized carbons (Fsp3) is 0.971. The van der Waals surface area contributed by atoms with E-state index in [4.69, 9.17) is 4.74 Å². The minimum Gasteiger partial charge on any atom is -0.466 e. The summed E-state index contributed by atoms with van der Waals surface area (Å²) in [5, 5.41) is 22.4. The molecule has 0 saturated heterocycles. The van der Waals surface area contributed by atoms with E-state index in [1.54, 1.807) is 0 Å². The number of carbonyl (C=O) groups excluding carboxylic acids is 1. The fourth-order valence-electron chi connectivity index (χ4n) is 5.82. The molecule has 0 aromatic rings. The molecule has 0 aromatic carbocycles. The lowest BCUT2D eigenvalue weighted by molar-refractivity contribution is -0.143. The summed E-state index contributed by atoms with van der Waals surface area (Å²) in [7, 11) is 0. The van der Waals surface area contributed by atoms with Crippen molar-refractivity contribution in [2.45, 2.75) is 186 Å². The van der Waals surface area contributed by atoms with Crippen LogP contribution in [0.1, 0.15) is 169 Å².